The molecule has 210 valence electrons. The van der Waals surface area contributed by atoms with Crippen LogP contribution in [0.4, 0.5) is 0 Å². The molecule has 0 saturated carbocycles. The molecule has 2 aromatic carbocycles. The lowest BCUT2D eigenvalue weighted by atomic mass is 10.0. The third kappa shape index (κ3) is 5.21. The predicted octanol–water partition coefficient (Wildman–Crippen LogP) is 3.39. The highest BCUT2D eigenvalue weighted by Crippen LogP contribution is 2.33. The van der Waals surface area contributed by atoms with Crippen LogP contribution in [-0.2, 0) is 22.7 Å². The summed E-state index contributed by atoms with van der Waals surface area (Å²) in [6.07, 6.45) is -0.687. The topological polar surface area (TPSA) is 112 Å². The van der Waals surface area contributed by atoms with E-state index in [2.05, 4.69) is 10.3 Å². The van der Waals surface area contributed by atoms with Gasteiger partial charge in [-0.25, -0.2) is 4.98 Å². The summed E-state index contributed by atoms with van der Waals surface area (Å²) in [6.45, 7) is 6.33. The molecular formula is C30H34N4O5S. The lowest BCUT2D eigenvalue weighted by molar-refractivity contribution is -0.143. The molecule has 0 radical (unpaired) electrons. The summed E-state index contributed by atoms with van der Waals surface area (Å²) in [7, 11) is 1.59. The second-order valence-electron chi connectivity index (χ2n) is 10.7. The summed E-state index contributed by atoms with van der Waals surface area (Å²) in [5.74, 6) is -0.413. The number of fused-ring (bicyclic) bond motifs is 1. The van der Waals surface area contributed by atoms with Crippen LogP contribution in [0.3, 0.4) is 0 Å². The van der Waals surface area contributed by atoms with Crippen molar-refractivity contribution in [2.75, 3.05) is 13.7 Å². The highest BCUT2D eigenvalue weighted by molar-refractivity contribution is 7.13. The zero-order valence-electron chi connectivity index (χ0n) is 23.1. The van der Waals surface area contributed by atoms with Gasteiger partial charge in [0.15, 0.2) is 0 Å². The highest BCUT2D eigenvalue weighted by Gasteiger charge is 2.45. The Morgan fingerprint density at radius 1 is 1.23 bits per heavy atom. The number of likely N-dealkylation sites (tertiary alicyclic amines) is 1. The summed E-state index contributed by atoms with van der Waals surface area (Å²) in [6, 6.07) is 11.6. The molecule has 0 bridgehead atoms. The number of nitrogens with one attached hydrogen (secondary N) is 1. The molecule has 3 heterocycles. The number of hydrogen-bond acceptors (Lipinski definition) is 7. The first kappa shape index (κ1) is 27.8. The number of thiazole rings is 1. The van der Waals surface area contributed by atoms with E-state index in [1.807, 2.05) is 57.2 Å². The van der Waals surface area contributed by atoms with E-state index in [4.69, 9.17) is 4.74 Å². The fraction of sp³-hybridized carbons (Fsp3) is 0.400. The number of ether oxygens (including phenoxy) is 1. The maximum Gasteiger partial charge on any atom is 0.255 e. The summed E-state index contributed by atoms with van der Waals surface area (Å²) >= 11 is 1.55. The molecule has 40 heavy (non-hydrogen) atoms. The zero-order valence-corrected chi connectivity index (χ0v) is 23.9. The van der Waals surface area contributed by atoms with E-state index in [1.54, 1.807) is 34.9 Å². The Kier molecular flexibility index (Phi) is 7.91. The number of aromatic nitrogens is 1. The maximum absolute atomic E-state index is 13.9. The molecule has 1 fully saturated rings. The molecule has 3 atom stereocenters. The second-order valence-corrected chi connectivity index (χ2v) is 11.5. The number of hydrogen-bond donors (Lipinski definition) is 2. The number of aryl methyl sites for hydroxylation is 1. The molecule has 0 spiro atoms. The summed E-state index contributed by atoms with van der Waals surface area (Å²) in [5, 5.41) is 13.4. The fourth-order valence-corrected chi connectivity index (χ4v) is 6.47. The van der Waals surface area contributed by atoms with E-state index in [0.29, 0.717) is 17.9 Å². The summed E-state index contributed by atoms with van der Waals surface area (Å²) < 4.78 is 5.60. The lowest BCUT2D eigenvalue weighted by Crippen LogP contribution is -2.55. The Labute approximate surface area is 237 Å². The van der Waals surface area contributed by atoms with E-state index < -0.39 is 18.2 Å². The average Bonchev–Trinajstić information content (AvgIpc) is 3.64. The third-order valence-electron chi connectivity index (χ3n) is 7.68. The Bertz CT molecular complexity index is 1440. The first-order chi connectivity index (χ1) is 19.2. The van der Waals surface area contributed by atoms with E-state index in [0.717, 1.165) is 27.3 Å². The maximum atomic E-state index is 13.9. The minimum atomic E-state index is -0.839. The van der Waals surface area contributed by atoms with Crippen molar-refractivity contribution in [3.63, 3.8) is 0 Å². The van der Waals surface area contributed by atoms with Crippen LogP contribution in [0.5, 0.6) is 5.75 Å². The number of carbonyl (C=O) groups excluding carboxylic acids is 3. The largest absolute Gasteiger partial charge is 0.496 e. The molecule has 5 rings (SSSR count). The van der Waals surface area contributed by atoms with Crippen molar-refractivity contribution in [3.05, 3.63) is 70.4 Å². The van der Waals surface area contributed by atoms with Crippen LogP contribution in [0, 0.1) is 12.8 Å². The van der Waals surface area contributed by atoms with Crippen molar-refractivity contribution in [2.24, 2.45) is 5.92 Å². The number of carbonyl (C=O) groups is 3. The molecule has 3 amide bonds. The molecule has 2 aliphatic heterocycles. The van der Waals surface area contributed by atoms with Gasteiger partial charge in [0.2, 0.25) is 11.8 Å². The van der Waals surface area contributed by atoms with Crippen molar-refractivity contribution in [1.29, 1.82) is 0 Å². The van der Waals surface area contributed by atoms with Gasteiger partial charge in [0, 0.05) is 37.2 Å². The van der Waals surface area contributed by atoms with Crippen LogP contribution in [0.15, 0.2) is 48.0 Å². The summed E-state index contributed by atoms with van der Waals surface area (Å²) in [4.78, 5) is 48.9. The number of aliphatic hydroxyl groups excluding tert-OH is 1. The van der Waals surface area contributed by atoms with Gasteiger partial charge < -0.3 is 25.0 Å². The highest BCUT2D eigenvalue weighted by atomic mass is 32.1. The van der Waals surface area contributed by atoms with E-state index in [1.165, 1.54) is 4.90 Å². The number of β-amino-alcohol motifs (C(OH)–C–C–N with tert-alkyl or cyclic N) is 1. The van der Waals surface area contributed by atoms with Crippen LogP contribution in [-0.4, -0.2) is 69.5 Å². The fourth-order valence-electron chi connectivity index (χ4n) is 5.67. The quantitative estimate of drug-likeness (QED) is 0.435. The first-order valence-electron chi connectivity index (χ1n) is 13.4. The molecule has 1 aromatic heterocycles. The van der Waals surface area contributed by atoms with Crippen molar-refractivity contribution in [3.8, 4) is 16.2 Å². The van der Waals surface area contributed by atoms with Gasteiger partial charge in [-0.15, -0.1) is 11.3 Å². The van der Waals surface area contributed by atoms with E-state index in [-0.39, 0.29) is 43.1 Å². The van der Waals surface area contributed by atoms with Crippen LogP contribution in [0.1, 0.15) is 47.4 Å². The standard InChI is InChI=1S/C30H34N4O5S/c1-17(2)26(34-14-21-7-5-6-8-23(21)29(34)37)30(38)33-15-22(35)12-24(33)28(36)31-13-20-10-9-19(11-25(20)39-4)27-18(3)32-16-40-27/h5-11,16-17,22,24,26,35H,12-15H2,1-4H3,(H,31,36)/t22-,24+,26+/m1/s1. The van der Waals surface area contributed by atoms with Crippen LogP contribution < -0.4 is 10.1 Å². The Hall–Kier alpha value is -3.76. The molecule has 1 saturated heterocycles. The average molecular weight is 563 g/mol. The zero-order chi connectivity index (χ0) is 28.6. The number of benzene rings is 2. The molecule has 9 nitrogen and oxygen atoms in total. The number of aliphatic hydroxyl groups is 1. The van der Waals surface area contributed by atoms with Gasteiger partial charge in [-0.05, 0) is 36.1 Å². The van der Waals surface area contributed by atoms with Gasteiger partial charge >= 0.3 is 0 Å². The van der Waals surface area contributed by atoms with Gasteiger partial charge in [-0.2, -0.15) is 0 Å². The van der Waals surface area contributed by atoms with Crippen molar-refractivity contribution in [1.82, 2.24) is 20.1 Å². The Balaban J connectivity index is 1.31. The molecule has 10 heteroatoms. The minimum Gasteiger partial charge on any atom is -0.496 e. The Morgan fingerprint density at radius 2 is 2.00 bits per heavy atom. The van der Waals surface area contributed by atoms with E-state index in [9.17, 15) is 19.5 Å². The van der Waals surface area contributed by atoms with E-state index >= 15 is 0 Å². The Morgan fingerprint density at radius 3 is 2.67 bits per heavy atom. The van der Waals surface area contributed by atoms with Gasteiger partial charge in [0.1, 0.15) is 17.8 Å². The molecule has 0 aliphatic carbocycles. The van der Waals surface area contributed by atoms with Crippen LogP contribution in [0.25, 0.3) is 10.4 Å². The van der Waals surface area contributed by atoms with Gasteiger partial charge in [-0.3, -0.25) is 14.4 Å². The number of rotatable bonds is 8. The second kappa shape index (κ2) is 11.4. The summed E-state index contributed by atoms with van der Waals surface area (Å²) in [5.41, 5.74) is 6.00. The van der Waals surface area contributed by atoms with Gasteiger partial charge in [0.05, 0.1) is 29.3 Å². The first-order valence-corrected chi connectivity index (χ1v) is 14.3. The van der Waals surface area contributed by atoms with Gasteiger partial charge in [0.25, 0.3) is 5.91 Å². The predicted molar refractivity (Wildman–Crippen MR) is 152 cm³/mol. The molecule has 2 N–H and O–H groups in total. The smallest absolute Gasteiger partial charge is 0.255 e. The number of methoxy groups -OCH3 is 1. The monoisotopic (exact) mass is 562 g/mol. The van der Waals surface area contributed by atoms with Crippen molar-refractivity contribution in [2.45, 2.75) is 58.5 Å². The molecular weight excluding hydrogens is 528 g/mol. The molecule has 0 unspecified atom stereocenters. The minimum absolute atomic E-state index is 0.0430. The van der Waals surface area contributed by atoms with Gasteiger partial charge in [-0.1, -0.05) is 44.2 Å². The molecule has 3 aromatic rings. The third-order valence-corrected chi connectivity index (χ3v) is 8.66. The number of amides is 3. The number of nitrogens with zero attached hydrogens (tertiary/aromatic N) is 3. The lowest BCUT2D eigenvalue weighted by Gasteiger charge is -2.35. The molecule has 2 aliphatic rings. The van der Waals surface area contributed by atoms with Crippen LogP contribution >= 0.6 is 11.3 Å². The normalized spacial score (nSPS) is 19.2. The van der Waals surface area contributed by atoms with Crippen molar-refractivity contribution >= 4 is 29.1 Å². The van der Waals surface area contributed by atoms with Crippen LogP contribution in [0.2, 0.25) is 0 Å². The van der Waals surface area contributed by atoms with Crippen molar-refractivity contribution < 1.29 is 24.2 Å². The SMILES string of the molecule is COc1cc(-c2scnc2C)ccc1CNC(=O)[C@@H]1C[C@@H](O)CN1C(=O)[C@H](C(C)C)N1Cc2ccccc2C1=O.